The average molecular weight is 402 g/mol. The summed E-state index contributed by atoms with van der Waals surface area (Å²) >= 11 is 0. The molecule has 0 amide bonds. The number of aliphatic hydroxyl groups is 2. The summed E-state index contributed by atoms with van der Waals surface area (Å²) in [5.41, 5.74) is 2.30. The molecule has 3 atom stereocenters. The Bertz CT molecular complexity index is 717. The quantitative estimate of drug-likeness (QED) is 0.757. The largest absolute Gasteiger partial charge is 0.396 e. The molecule has 3 nitrogen and oxygen atoms in total. The van der Waals surface area contributed by atoms with E-state index in [1.165, 1.54) is 17.7 Å². The Morgan fingerprint density at radius 2 is 1.69 bits per heavy atom. The van der Waals surface area contributed by atoms with E-state index in [0.29, 0.717) is 29.4 Å². The molecule has 1 aliphatic heterocycles. The molecule has 160 valence electrons. The van der Waals surface area contributed by atoms with Gasteiger partial charge in [0.2, 0.25) is 0 Å². The molecule has 0 radical (unpaired) electrons. The fourth-order valence-corrected chi connectivity index (χ4v) is 3.86. The molecule has 1 aliphatic rings. The lowest BCUT2D eigenvalue weighted by Crippen LogP contribution is -2.27. The second kappa shape index (κ2) is 10.9. The van der Waals surface area contributed by atoms with Crippen molar-refractivity contribution in [1.82, 2.24) is 4.90 Å². The third-order valence-corrected chi connectivity index (χ3v) is 5.72. The summed E-state index contributed by atoms with van der Waals surface area (Å²) in [4.78, 5) is 2.16. The van der Waals surface area contributed by atoms with Gasteiger partial charge in [0.25, 0.3) is 0 Å². The van der Waals surface area contributed by atoms with Crippen molar-refractivity contribution >= 4 is 0 Å². The molecule has 0 saturated carbocycles. The van der Waals surface area contributed by atoms with Crippen LogP contribution in [-0.2, 0) is 5.41 Å². The Balaban J connectivity index is 0.000000253. The van der Waals surface area contributed by atoms with Crippen LogP contribution in [0.2, 0.25) is 0 Å². The van der Waals surface area contributed by atoms with Crippen molar-refractivity contribution in [2.45, 2.75) is 45.6 Å². The van der Waals surface area contributed by atoms with Crippen LogP contribution in [0.4, 0.5) is 4.39 Å². The van der Waals surface area contributed by atoms with Crippen LogP contribution in [0.15, 0.2) is 54.6 Å². The lowest BCUT2D eigenvalue weighted by atomic mass is 9.87. The minimum absolute atomic E-state index is 0.199. The molecule has 0 bridgehead atoms. The summed E-state index contributed by atoms with van der Waals surface area (Å²) < 4.78 is 13.1. The minimum Gasteiger partial charge on any atom is -0.396 e. The molecule has 29 heavy (non-hydrogen) atoms. The Morgan fingerprint density at radius 1 is 1.03 bits per heavy atom. The number of likely N-dealkylation sites (tertiary alicyclic amines) is 1. The zero-order chi connectivity index (χ0) is 21.4. The summed E-state index contributed by atoms with van der Waals surface area (Å²) in [5, 5.41) is 19.5. The van der Waals surface area contributed by atoms with Gasteiger partial charge in [0.05, 0.1) is 6.10 Å². The Morgan fingerprint density at radius 3 is 2.17 bits per heavy atom. The van der Waals surface area contributed by atoms with Crippen LogP contribution in [0, 0.1) is 17.7 Å². The van der Waals surface area contributed by atoms with Gasteiger partial charge >= 0.3 is 0 Å². The third kappa shape index (κ3) is 7.22. The maximum atomic E-state index is 13.1. The molecule has 0 spiro atoms. The molecular formula is C25H36FNO2. The molecule has 2 aromatic rings. The summed E-state index contributed by atoms with van der Waals surface area (Å²) in [5.74, 6) is 0.465. The summed E-state index contributed by atoms with van der Waals surface area (Å²) in [6.45, 7) is 11.2. The number of hydrogen-bond donors (Lipinski definition) is 2. The molecule has 0 aromatic heterocycles. The van der Waals surface area contributed by atoms with Gasteiger partial charge < -0.3 is 10.2 Å². The highest BCUT2D eigenvalue weighted by Gasteiger charge is 2.31. The molecule has 1 saturated heterocycles. The van der Waals surface area contributed by atoms with Crippen LogP contribution in [-0.4, -0.2) is 41.4 Å². The van der Waals surface area contributed by atoms with E-state index in [1.54, 1.807) is 12.1 Å². The van der Waals surface area contributed by atoms with E-state index in [-0.39, 0.29) is 12.4 Å². The molecule has 2 N–H and O–H groups in total. The second-order valence-electron chi connectivity index (χ2n) is 9.02. The maximum Gasteiger partial charge on any atom is 0.123 e. The topological polar surface area (TPSA) is 43.7 Å². The first-order chi connectivity index (χ1) is 13.7. The van der Waals surface area contributed by atoms with Crippen LogP contribution in [0.1, 0.15) is 51.3 Å². The van der Waals surface area contributed by atoms with Gasteiger partial charge in [-0.15, -0.1) is 0 Å². The Kier molecular flexibility index (Phi) is 8.81. The van der Waals surface area contributed by atoms with Crippen molar-refractivity contribution in [3.05, 3.63) is 71.5 Å². The van der Waals surface area contributed by atoms with Gasteiger partial charge in [-0.05, 0) is 40.5 Å². The van der Waals surface area contributed by atoms with Crippen LogP contribution in [0.3, 0.4) is 0 Å². The zero-order valence-corrected chi connectivity index (χ0v) is 18.2. The highest BCUT2D eigenvalue weighted by atomic mass is 19.1. The van der Waals surface area contributed by atoms with Gasteiger partial charge in [-0.1, -0.05) is 76.6 Å². The lowest BCUT2D eigenvalue weighted by Gasteiger charge is -2.20. The smallest absolute Gasteiger partial charge is 0.123 e. The van der Waals surface area contributed by atoms with Crippen molar-refractivity contribution in [3.8, 4) is 0 Å². The molecule has 0 aliphatic carbocycles. The Labute approximate surface area is 175 Å². The number of benzene rings is 2. The van der Waals surface area contributed by atoms with E-state index >= 15 is 0 Å². The molecule has 1 unspecified atom stereocenters. The van der Waals surface area contributed by atoms with Crippen LogP contribution >= 0.6 is 0 Å². The third-order valence-electron chi connectivity index (χ3n) is 5.72. The first-order valence-electron chi connectivity index (χ1n) is 10.6. The number of aliphatic hydroxyl groups excluding tert-OH is 2. The fourth-order valence-electron chi connectivity index (χ4n) is 3.86. The van der Waals surface area contributed by atoms with Crippen molar-refractivity contribution in [1.29, 1.82) is 0 Å². The van der Waals surface area contributed by atoms with E-state index < -0.39 is 6.10 Å². The van der Waals surface area contributed by atoms with E-state index in [9.17, 15) is 14.6 Å². The van der Waals surface area contributed by atoms with Crippen LogP contribution in [0.5, 0.6) is 0 Å². The van der Waals surface area contributed by atoms with Crippen molar-refractivity contribution < 1.29 is 14.6 Å². The monoisotopic (exact) mass is 401 g/mol. The van der Waals surface area contributed by atoms with Crippen LogP contribution in [0.25, 0.3) is 0 Å². The van der Waals surface area contributed by atoms with Crippen molar-refractivity contribution in [3.63, 3.8) is 0 Å². The normalized spacial score (nSPS) is 20.8. The van der Waals surface area contributed by atoms with E-state index in [0.717, 1.165) is 19.5 Å². The molecule has 1 fully saturated rings. The summed E-state index contributed by atoms with van der Waals surface area (Å²) in [6.07, 6.45) is 0.364. The maximum absolute atomic E-state index is 13.1. The Hall–Kier alpha value is -1.75. The van der Waals surface area contributed by atoms with Crippen LogP contribution < -0.4 is 0 Å². The summed E-state index contributed by atoms with van der Waals surface area (Å²) in [7, 11) is 0. The van der Waals surface area contributed by atoms with Gasteiger partial charge in [-0.2, -0.15) is 0 Å². The summed E-state index contributed by atoms with van der Waals surface area (Å²) in [6, 6.07) is 16.7. The van der Waals surface area contributed by atoms with Gasteiger partial charge in [0.15, 0.2) is 0 Å². The molecular weight excluding hydrogens is 365 g/mol. The number of nitrogens with zero attached hydrogens (tertiary/aromatic N) is 1. The highest BCUT2D eigenvalue weighted by molar-refractivity contribution is 5.22. The molecule has 3 rings (SSSR count). The van der Waals surface area contributed by atoms with E-state index in [4.69, 9.17) is 0 Å². The zero-order valence-electron chi connectivity index (χ0n) is 18.2. The SMILES string of the molecule is CC(C)(C)c1ccccc1.CC[C@@H]1CN(CC(O)c2cccc(F)c2)C[C@@H]1CO. The molecule has 4 heteroatoms. The van der Waals surface area contributed by atoms with E-state index in [1.807, 2.05) is 0 Å². The highest BCUT2D eigenvalue weighted by Crippen LogP contribution is 2.27. The number of rotatable bonds is 5. The first-order valence-corrected chi connectivity index (χ1v) is 10.6. The van der Waals surface area contributed by atoms with Crippen molar-refractivity contribution in [2.75, 3.05) is 26.2 Å². The van der Waals surface area contributed by atoms with Gasteiger partial charge in [-0.3, -0.25) is 4.90 Å². The van der Waals surface area contributed by atoms with Gasteiger partial charge in [0, 0.05) is 26.2 Å². The molecule has 1 heterocycles. The predicted molar refractivity (Wildman–Crippen MR) is 117 cm³/mol. The minimum atomic E-state index is -0.675. The predicted octanol–water partition coefficient (Wildman–Crippen LogP) is 4.79. The number of hydrogen-bond acceptors (Lipinski definition) is 3. The standard InChI is InChI=1S/C15H22FNO2.C10H14/c1-2-11-7-17(8-13(11)10-18)9-15(19)12-4-3-5-14(16)6-12;1-10(2,3)9-7-5-4-6-8-9/h3-6,11,13,15,18-19H,2,7-10H2,1H3;4-8H,1-3H3/t11-,13-,15?;/m1./s1. The van der Waals surface area contributed by atoms with E-state index in [2.05, 4.69) is 62.9 Å². The fraction of sp³-hybridized carbons (Fsp3) is 0.520. The van der Waals surface area contributed by atoms with Crippen molar-refractivity contribution in [2.24, 2.45) is 11.8 Å². The second-order valence-corrected chi connectivity index (χ2v) is 9.02. The van der Waals surface area contributed by atoms with Gasteiger partial charge in [-0.25, -0.2) is 4.39 Å². The average Bonchev–Trinajstić information content (AvgIpc) is 3.10. The number of β-amino-alcohol motifs (C(OH)–C–C–N with tert-alkyl or cyclic N) is 1. The lowest BCUT2D eigenvalue weighted by molar-refractivity contribution is 0.120. The van der Waals surface area contributed by atoms with Gasteiger partial charge in [0.1, 0.15) is 5.82 Å². The molecule has 2 aromatic carbocycles. The number of halogens is 1. The first kappa shape index (κ1) is 23.5.